The Hall–Kier alpha value is -3.19. The van der Waals surface area contributed by atoms with E-state index in [0.29, 0.717) is 21.8 Å². The first-order valence-corrected chi connectivity index (χ1v) is 10.3. The molecule has 2 aromatic carbocycles. The summed E-state index contributed by atoms with van der Waals surface area (Å²) in [6.45, 7) is 4.16. The number of amides is 1. The molecule has 0 spiro atoms. The maximum atomic E-state index is 12.5. The van der Waals surface area contributed by atoms with Gasteiger partial charge >= 0.3 is 0 Å². The summed E-state index contributed by atoms with van der Waals surface area (Å²) in [6, 6.07) is 15.0. The number of carbonyl (C=O) groups is 1. The van der Waals surface area contributed by atoms with Crippen molar-refractivity contribution >= 4 is 44.6 Å². The molecule has 148 valence electrons. The molecular formula is C22H22N4O2S. The Morgan fingerprint density at radius 1 is 1.31 bits per heavy atom. The number of hydrogen-bond donors (Lipinski definition) is 3. The molecule has 2 heterocycles. The van der Waals surface area contributed by atoms with Crippen molar-refractivity contribution in [3.63, 3.8) is 0 Å². The van der Waals surface area contributed by atoms with Crippen LogP contribution in [0.15, 0.2) is 54.3 Å². The van der Waals surface area contributed by atoms with E-state index in [0.717, 1.165) is 16.6 Å². The van der Waals surface area contributed by atoms with Crippen LogP contribution in [0.5, 0.6) is 0 Å². The molecule has 1 aromatic heterocycles. The minimum atomic E-state index is -0.143. The summed E-state index contributed by atoms with van der Waals surface area (Å²) in [5, 5.41) is 22.8. The van der Waals surface area contributed by atoms with Crippen LogP contribution in [0.3, 0.4) is 0 Å². The second-order valence-corrected chi connectivity index (χ2v) is 8.11. The monoisotopic (exact) mass is 406 g/mol. The third-order valence-electron chi connectivity index (χ3n) is 5.02. The summed E-state index contributed by atoms with van der Waals surface area (Å²) in [7, 11) is 0. The molecular weight excluding hydrogens is 384 g/mol. The van der Waals surface area contributed by atoms with E-state index < -0.39 is 0 Å². The van der Waals surface area contributed by atoms with E-state index in [1.807, 2.05) is 44.2 Å². The number of nitrogens with zero attached hydrogens (tertiary/aromatic N) is 2. The molecule has 29 heavy (non-hydrogen) atoms. The minimum absolute atomic E-state index is 0.0904. The number of para-hydroxylation sites is 1. The van der Waals surface area contributed by atoms with E-state index in [-0.39, 0.29) is 30.1 Å². The Kier molecular flexibility index (Phi) is 5.07. The van der Waals surface area contributed by atoms with Crippen LogP contribution in [0.4, 0.5) is 5.69 Å². The minimum Gasteiger partial charge on any atom is -0.510 e. The second-order valence-electron chi connectivity index (χ2n) is 7.08. The number of hydrogen-bond acceptors (Lipinski definition) is 5. The van der Waals surface area contributed by atoms with Crippen LogP contribution in [0.25, 0.3) is 15.8 Å². The SMILES string of the molecule is CC[C@@H](C)NC(=O)c1cccc(N2CC(O)=C(c3nc4ccccc4s3)C2=N)c1. The molecule has 3 N–H and O–H groups in total. The van der Waals surface area contributed by atoms with Gasteiger partial charge in [-0.15, -0.1) is 11.3 Å². The van der Waals surface area contributed by atoms with Crippen molar-refractivity contribution < 1.29 is 9.90 Å². The van der Waals surface area contributed by atoms with E-state index >= 15 is 0 Å². The van der Waals surface area contributed by atoms with Crippen LogP contribution in [-0.2, 0) is 0 Å². The lowest BCUT2D eigenvalue weighted by molar-refractivity contribution is 0.0939. The number of amidine groups is 1. The van der Waals surface area contributed by atoms with Gasteiger partial charge in [-0.05, 0) is 43.7 Å². The number of benzene rings is 2. The Morgan fingerprint density at radius 3 is 2.86 bits per heavy atom. The van der Waals surface area contributed by atoms with E-state index in [9.17, 15) is 9.90 Å². The van der Waals surface area contributed by atoms with Crippen molar-refractivity contribution in [3.05, 3.63) is 64.9 Å². The van der Waals surface area contributed by atoms with E-state index in [4.69, 9.17) is 5.41 Å². The normalized spacial score (nSPS) is 15.2. The van der Waals surface area contributed by atoms with Gasteiger partial charge in [0, 0.05) is 17.3 Å². The maximum Gasteiger partial charge on any atom is 0.251 e. The molecule has 0 radical (unpaired) electrons. The summed E-state index contributed by atoms with van der Waals surface area (Å²) in [5.41, 5.74) is 2.52. The molecule has 1 aliphatic rings. The Labute approximate surface area is 173 Å². The summed E-state index contributed by atoms with van der Waals surface area (Å²) >= 11 is 1.46. The van der Waals surface area contributed by atoms with Crippen LogP contribution in [0.1, 0.15) is 35.6 Å². The number of rotatable bonds is 5. The smallest absolute Gasteiger partial charge is 0.251 e. The molecule has 6 nitrogen and oxygen atoms in total. The lowest BCUT2D eigenvalue weighted by atomic mass is 10.1. The molecule has 0 aliphatic carbocycles. The zero-order valence-electron chi connectivity index (χ0n) is 16.3. The van der Waals surface area contributed by atoms with Crippen molar-refractivity contribution in [3.8, 4) is 0 Å². The number of aliphatic hydroxyl groups excluding tert-OH is 1. The fourth-order valence-electron chi connectivity index (χ4n) is 3.23. The molecule has 3 aromatic rings. The summed E-state index contributed by atoms with van der Waals surface area (Å²) in [5.74, 6) is 0.153. The first-order valence-electron chi connectivity index (χ1n) is 9.53. The van der Waals surface area contributed by atoms with Crippen molar-refractivity contribution in [1.29, 1.82) is 5.41 Å². The number of anilines is 1. The molecule has 0 bridgehead atoms. The largest absolute Gasteiger partial charge is 0.510 e. The number of carbonyl (C=O) groups excluding carboxylic acids is 1. The van der Waals surface area contributed by atoms with Gasteiger partial charge in [-0.2, -0.15) is 0 Å². The average Bonchev–Trinajstić information content (AvgIpc) is 3.27. The zero-order chi connectivity index (χ0) is 20.5. The molecule has 1 atom stereocenters. The number of aliphatic hydroxyl groups is 1. The highest BCUT2D eigenvalue weighted by atomic mass is 32.1. The van der Waals surface area contributed by atoms with Gasteiger partial charge in [-0.25, -0.2) is 4.98 Å². The Morgan fingerprint density at radius 2 is 2.10 bits per heavy atom. The van der Waals surface area contributed by atoms with E-state index in [1.54, 1.807) is 23.1 Å². The van der Waals surface area contributed by atoms with E-state index in [1.165, 1.54) is 11.3 Å². The third kappa shape index (κ3) is 3.61. The Bertz CT molecular complexity index is 1100. The first-order chi connectivity index (χ1) is 14.0. The molecule has 0 saturated carbocycles. The van der Waals surface area contributed by atoms with Gasteiger partial charge in [0.2, 0.25) is 0 Å². The topological polar surface area (TPSA) is 89.3 Å². The maximum absolute atomic E-state index is 12.5. The van der Waals surface area contributed by atoms with Gasteiger partial charge in [0.15, 0.2) is 0 Å². The van der Waals surface area contributed by atoms with Crippen molar-refractivity contribution in [2.24, 2.45) is 0 Å². The van der Waals surface area contributed by atoms with Gasteiger partial charge in [-0.1, -0.05) is 25.1 Å². The first kappa shape index (κ1) is 19.1. The molecule has 0 saturated heterocycles. The summed E-state index contributed by atoms with van der Waals surface area (Å²) in [4.78, 5) is 18.7. The molecule has 4 rings (SSSR count). The van der Waals surface area contributed by atoms with Gasteiger partial charge in [-0.3, -0.25) is 10.2 Å². The van der Waals surface area contributed by atoms with Crippen LogP contribution in [0, 0.1) is 5.41 Å². The van der Waals surface area contributed by atoms with Crippen molar-refractivity contribution in [2.45, 2.75) is 26.3 Å². The van der Waals surface area contributed by atoms with Crippen molar-refractivity contribution in [2.75, 3.05) is 11.4 Å². The molecule has 1 aliphatic heterocycles. The lowest BCUT2D eigenvalue weighted by Gasteiger charge is -2.19. The number of fused-ring (bicyclic) bond motifs is 1. The standard InChI is InChI=1S/C22H22N4O2S/c1-3-13(2)24-21(28)14-7-6-8-15(11-14)26-12-17(27)19(20(26)23)22-25-16-9-4-5-10-18(16)29-22/h4-11,13,23,27H,3,12H2,1-2H3,(H,24,28)/t13-/m1/s1. The highest BCUT2D eigenvalue weighted by Gasteiger charge is 2.31. The number of nitrogens with one attached hydrogen (secondary N) is 2. The Balaban J connectivity index is 1.61. The quantitative estimate of drug-likeness (QED) is 0.578. The lowest BCUT2D eigenvalue weighted by Crippen LogP contribution is -2.32. The van der Waals surface area contributed by atoms with Gasteiger partial charge < -0.3 is 15.3 Å². The third-order valence-corrected chi connectivity index (χ3v) is 6.07. The van der Waals surface area contributed by atoms with Crippen LogP contribution in [0.2, 0.25) is 0 Å². The highest BCUT2D eigenvalue weighted by Crippen LogP contribution is 2.35. The molecule has 0 unspecified atom stereocenters. The fraction of sp³-hybridized carbons (Fsp3) is 0.227. The highest BCUT2D eigenvalue weighted by molar-refractivity contribution is 7.19. The molecule has 7 heteroatoms. The van der Waals surface area contributed by atoms with Crippen LogP contribution >= 0.6 is 11.3 Å². The molecule has 1 amide bonds. The average molecular weight is 407 g/mol. The summed E-state index contributed by atoms with van der Waals surface area (Å²) < 4.78 is 1.01. The predicted molar refractivity (Wildman–Crippen MR) is 118 cm³/mol. The van der Waals surface area contributed by atoms with E-state index in [2.05, 4.69) is 10.3 Å². The van der Waals surface area contributed by atoms with Gasteiger partial charge in [0.05, 0.1) is 22.3 Å². The summed E-state index contributed by atoms with van der Waals surface area (Å²) in [6.07, 6.45) is 0.853. The zero-order valence-corrected chi connectivity index (χ0v) is 17.1. The number of thiazole rings is 1. The van der Waals surface area contributed by atoms with Gasteiger partial charge in [0.25, 0.3) is 5.91 Å². The fourth-order valence-corrected chi connectivity index (χ4v) is 4.26. The van der Waals surface area contributed by atoms with Crippen LogP contribution in [-0.4, -0.2) is 34.4 Å². The molecule has 0 fully saturated rings. The predicted octanol–water partition coefficient (Wildman–Crippen LogP) is 4.59. The second kappa shape index (κ2) is 7.67. The van der Waals surface area contributed by atoms with Gasteiger partial charge in [0.1, 0.15) is 16.6 Å². The number of aromatic nitrogens is 1. The van der Waals surface area contributed by atoms with Crippen molar-refractivity contribution in [1.82, 2.24) is 10.3 Å². The van der Waals surface area contributed by atoms with Crippen LogP contribution < -0.4 is 10.2 Å².